The Labute approximate surface area is 166 Å². The first-order chi connectivity index (χ1) is 13.0. The van der Waals surface area contributed by atoms with E-state index in [0.29, 0.717) is 32.9 Å². The monoisotopic (exact) mass is 401 g/mol. The summed E-state index contributed by atoms with van der Waals surface area (Å²) in [5, 5.41) is 4.26. The first kappa shape index (κ1) is 18.1. The molecule has 1 unspecified atom stereocenters. The minimum absolute atomic E-state index is 0.275. The second-order valence-corrected chi connectivity index (χ2v) is 8.37. The van der Waals surface area contributed by atoms with Crippen LogP contribution in [0.3, 0.4) is 0 Å². The summed E-state index contributed by atoms with van der Waals surface area (Å²) >= 11 is 7.31. The third-order valence-corrected chi connectivity index (χ3v) is 6.30. The highest BCUT2D eigenvalue weighted by atomic mass is 35.5. The SMILES string of the molecule is COc1cc(Cl)ccc1NC(=O)c1sc2nc3c(cc2c1N)CC(C)CC3. The van der Waals surface area contributed by atoms with Gasteiger partial charge in [0.1, 0.15) is 15.5 Å². The summed E-state index contributed by atoms with van der Waals surface area (Å²) in [6, 6.07) is 7.17. The molecule has 0 saturated heterocycles. The zero-order chi connectivity index (χ0) is 19.1. The summed E-state index contributed by atoms with van der Waals surface area (Å²) in [5.74, 6) is 0.873. The van der Waals surface area contributed by atoms with Crippen molar-refractivity contribution in [1.29, 1.82) is 0 Å². The smallest absolute Gasteiger partial charge is 0.268 e. The van der Waals surface area contributed by atoms with Gasteiger partial charge in [0.25, 0.3) is 5.91 Å². The molecule has 2 aromatic heterocycles. The molecule has 1 aromatic carbocycles. The molecule has 0 bridgehead atoms. The number of rotatable bonds is 3. The van der Waals surface area contributed by atoms with Crippen LogP contribution in [-0.2, 0) is 12.8 Å². The van der Waals surface area contributed by atoms with Gasteiger partial charge >= 0.3 is 0 Å². The van der Waals surface area contributed by atoms with Crippen molar-refractivity contribution < 1.29 is 9.53 Å². The standard InChI is InChI=1S/C20H20ClN3O2S/c1-10-3-5-14-11(7-10)8-13-17(22)18(27-20(13)24-14)19(25)23-15-6-4-12(21)9-16(15)26-2/h4,6,8-10H,3,5,7,22H2,1-2H3,(H,23,25). The Balaban J connectivity index is 1.69. The van der Waals surface area contributed by atoms with Gasteiger partial charge < -0.3 is 15.8 Å². The number of fused-ring (bicyclic) bond motifs is 2. The predicted octanol–water partition coefficient (Wildman–Crippen LogP) is 4.92. The van der Waals surface area contributed by atoms with Crippen molar-refractivity contribution in [2.75, 3.05) is 18.2 Å². The van der Waals surface area contributed by atoms with Crippen LogP contribution in [0.15, 0.2) is 24.3 Å². The van der Waals surface area contributed by atoms with E-state index in [1.807, 2.05) is 0 Å². The minimum Gasteiger partial charge on any atom is -0.495 e. The maximum atomic E-state index is 12.8. The molecule has 140 valence electrons. The fourth-order valence-electron chi connectivity index (χ4n) is 3.49. The van der Waals surface area contributed by atoms with Gasteiger partial charge in [-0.15, -0.1) is 11.3 Å². The van der Waals surface area contributed by atoms with E-state index in [0.717, 1.165) is 35.2 Å². The third-order valence-electron chi connectivity index (χ3n) is 4.95. The van der Waals surface area contributed by atoms with E-state index in [1.54, 1.807) is 18.2 Å². The Bertz CT molecular complexity index is 1050. The summed E-state index contributed by atoms with van der Waals surface area (Å²) in [5.41, 5.74) is 9.72. The zero-order valence-corrected chi connectivity index (χ0v) is 16.7. The molecule has 0 saturated carbocycles. The molecule has 1 aliphatic rings. The Morgan fingerprint density at radius 2 is 2.22 bits per heavy atom. The molecule has 1 aliphatic carbocycles. The average Bonchev–Trinajstić information content (AvgIpc) is 2.97. The lowest BCUT2D eigenvalue weighted by atomic mass is 9.87. The van der Waals surface area contributed by atoms with Crippen LogP contribution >= 0.6 is 22.9 Å². The summed E-state index contributed by atoms with van der Waals surface area (Å²) in [4.78, 5) is 18.9. The van der Waals surface area contributed by atoms with Crippen molar-refractivity contribution in [3.63, 3.8) is 0 Å². The van der Waals surface area contributed by atoms with Gasteiger partial charge in [-0.3, -0.25) is 4.79 Å². The van der Waals surface area contributed by atoms with Crippen molar-refractivity contribution in [3.05, 3.63) is 45.4 Å². The van der Waals surface area contributed by atoms with Crippen LogP contribution in [0.4, 0.5) is 11.4 Å². The number of hydrogen-bond acceptors (Lipinski definition) is 5. The number of ether oxygens (including phenoxy) is 1. The van der Waals surface area contributed by atoms with Crippen molar-refractivity contribution in [1.82, 2.24) is 4.98 Å². The van der Waals surface area contributed by atoms with Gasteiger partial charge in [-0.2, -0.15) is 0 Å². The molecule has 4 rings (SSSR count). The average molecular weight is 402 g/mol. The number of aromatic nitrogens is 1. The lowest BCUT2D eigenvalue weighted by Gasteiger charge is -2.20. The van der Waals surface area contributed by atoms with Crippen molar-refractivity contribution in [3.8, 4) is 5.75 Å². The van der Waals surface area contributed by atoms with Gasteiger partial charge in [0.2, 0.25) is 0 Å². The largest absolute Gasteiger partial charge is 0.495 e. The van der Waals surface area contributed by atoms with E-state index in [-0.39, 0.29) is 5.91 Å². The molecule has 5 nitrogen and oxygen atoms in total. The number of nitrogen functional groups attached to an aromatic ring is 1. The van der Waals surface area contributed by atoms with Gasteiger partial charge in [-0.05, 0) is 48.9 Å². The van der Waals surface area contributed by atoms with E-state index in [4.69, 9.17) is 27.1 Å². The third kappa shape index (κ3) is 3.35. The molecule has 1 atom stereocenters. The van der Waals surface area contributed by atoms with E-state index in [2.05, 4.69) is 18.3 Å². The van der Waals surface area contributed by atoms with Crippen LogP contribution < -0.4 is 15.8 Å². The number of nitrogens with two attached hydrogens (primary N) is 1. The summed E-state index contributed by atoms with van der Waals surface area (Å²) < 4.78 is 5.29. The van der Waals surface area contributed by atoms with Crippen LogP contribution in [0.1, 0.15) is 34.3 Å². The summed E-state index contributed by atoms with van der Waals surface area (Å²) in [7, 11) is 1.53. The fourth-order valence-corrected chi connectivity index (χ4v) is 4.64. The van der Waals surface area contributed by atoms with Gasteiger partial charge in [-0.25, -0.2) is 4.98 Å². The highest BCUT2D eigenvalue weighted by molar-refractivity contribution is 7.21. The van der Waals surface area contributed by atoms with Crippen LogP contribution in [0.2, 0.25) is 5.02 Å². The van der Waals surface area contributed by atoms with Crippen LogP contribution in [0.25, 0.3) is 10.2 Å². The van der Waals surface area contributed by atoms with Crippen molar-refractivity contribution in [2.45, 2.75) is 26.2 Å². The number of amides is 1. The highest BCUT2D eigenvalue weighted by Gasteiger charge is 2.22. The number of benzene rings is 1. The normalized spacial score (nSPS) is 16.2. The number of thiophene rings is 1. The second-order valence-electron chi connectivity index (χ2n) is 6.94. The number of carbonyl (C=O) groups is 1. The van der Waals surface area contributed by atoms with Crippen LogP contribution in [-0.4, -0.2) is 18.0 Å². The first-order valence-corrected chi connectivity index (χ1v) is 10.0. The zero-order valence-electron chi connectivity index (χ0n) is 15.1. The Kier molecular flexibility index (Phi) is 4.70. The first-order valence-electron chi connectivity index (χ1n) is 8.82. The fraction of sp³-hybridized carbons (Fsp3) is 0.300. The highest BCUT2D eigenvalue weighted by Crippen LogP contribution is 2.37. The van der Waals surface area contributed by atoms with E-state index in [1.165, 1.54) is 24.0 Å². The number of anilines is 2. The quantitative estimate of drug-likeness (QED) is 0.653. The van der Waals surface area contributed by atoms with Crippen molar-refractivity contribution in [2.24, 2.45) is 5.92 Å². The predicted molar refractivity (Wildman–Crippen MR) is 111 cm³/mol. The number of methoxy groups -OCH3 is 1. The number of pyridine rings is 1. The number of hydrogen-bond donors (Lipinski definition) is 2. The van der Waals surface area contributed by atoms with Crippen LogP contribution in [0.5, 0.6) is 5.75 Å². The van der Waals surface area contributed by atoms with E-state index in [9.17, 15) is 4.79 Å². The van der Waals surface area contributed by atoms with Gasteiger partial charge in [0.15, 0.2) is 0 Å². The maximum absolute atomic E-state index is 12.8. The number of aryl methyl sites for hydroxylation is 1. The number of halogens is 1. The van der Waals surface area contributed by atoms with E-state index >= 15 is 0 Å². The Hall–Kier alpha value is -2.31. The van der Waals surface area contributed by atoms with Crippen molar-refractivity contribution >= 4 is 50.4 Å². The number of carbonyl (C=O) groups excluding carboxylic acids is 1. The lowest BCUT2D eigenvalue weighted by Crippen LogP contribution is -2.13. The molecule has 0 radical (unpaired) electrons. The molecule has 1 amide bonds. The molecular weight excluding hydrogens is 382 g/mol. The number of nitrogens with one attached hydrogen (secondary N) is 1. The molecule has 3 aromatic rings. The summed E-state index contributed by atoms with van der Waals surface area (Å²) in [6.07, 6.45) is 3.14. The number of nitrogens with zero attached hydrogens (tertiary/aromatic N) is 1. The summed E-state index contributed by atoms with van der Waals surface area (Å²) in [6.45, 7) is 2.25. The van der Waals surface area contributed by atoms with Gasteiger partial charge in [0.05, 0.1) is 18.5 Å². The minimum atomic E-state index is -0.275. The Morgan fingerprint density at radius 1 is 1.41 bits per heavy atom. The molecule has 7 heteroatoms. The van der Waals surface area contributed by atoms with Crippen LogP contribution in [0, 0.1) is 5.92 Å². The molecule has 0 spiro atoms. The van der Waals surface area contributed by atoms with E-state index < -0.39 is 0 Å². The molecule has 0 aliphatic heterocycles. The molecule has 27 heavy (non-hydrogen) atoms. The Morgan fingerprint density at radius 3 is 3.00 bits per heavy atom. The molecular formula is C20H20ClN3O2S. The van der Waals surface area contributed by atoms with Gasteiger partial charge in [-0.1, -0.05) is 18.5 Å². The molecule has 0 fully saturated rings. The molecule has 3 N–H and O–H groups in total. The second kappa shape index (κ2) is 7.02. The molecule has 2 heterocycles. The maximum Gasteiger partial charge on any atom is 0.268 e. The lowest BCUT2D eigenvalue weighted by molar-refractivity contribution is 0.103. The van der Waals surface area contributed by atoms with Gasteiger partial charge in [0, 0.05) is 22.2 Å². The topological polar surface area (TPSA) is 77.2 Å².